The highest BCUT2D eigenvalue weighted by atomic mass is 35.5. The van der Waals surface area contributed by atoms with Crippen molar-refractivity contribution >= 4 is 30.7 Å². The predicted molar refractivity (Wildman–Crippen MR) is 116 cm³/mol. The Morgan fingerprint density at radius 3 is 2.26 bits per heavy atom. The zero-order valence-electron chi connectivity index (χ0n) is 17.0. The van der Waals surface area contributed by atoms with Gasteiger partial charge in [0.05, 0.1) is 18.1 Å². The zero-order chi connectivity index (χ0) is 18.6. The number of nitrogens with two attached hydrogens (primary N) is 1. The number of hydrogen-bond acceptors (Lipinski definition) is 4. The Labute approximate surface area is 176 Å². The summed E-state index contributed by atoms with van der Waals surface area (Å²) in [7, 11) is 0. The average Bonchev–Trinajstić information content (AvgIpc) is 2.58. The maximum Gasteiger partial charge on any atom is 0.224 e. The van der Waals surface area contributed by atoms with Crippen LogP contribution in [0.3, 0.4) is 0 Å². The number of ether oxygens (including phenoxy) is 1. The number of nitrogens with zero attached hydrogens (tertiary/aromatic N) is 1. The third-order valence-electron chi connectivity index (χ3n) is 5.11. The second-order valence-corrected chi connectivity index (χ2v) is 7.92. The van der Waals surface area contributed by atoms with E-state index in [0.29, 0.717) is 6.54 Å². The average molecular weight is 420 g/mol. The van der Waals surface area contributed by atoms with Gasteiger partial charge in [-0.25, -0.2) is 0 Å². The number of nitrogens with one attached hydrogen (secondary N) is 1. The van der Waals surface area contributed by atoms with Crippen LogP contribution in [0.5, 0.6) is 0 Å². The molecular weight excluding hydrogens is 385 g/mol. The quantitative estimate of drug-likeness (QED) is 0.742. The van der Waals surface area contributed by atoms with Crippen LogP contribution in [0.2, 0.25) is 0 Å². The van der Waals surface area contributed by atoms with Crippen LogP contribution in [0.15, 0.2) is 30.3 Å². The van der Waals surface area contributed by atoms with Crippen molar-refractivity contribution in [3.63, 3.8) is 0 Å². The lowest BCUT2D eigenvalue weighted by molar-refractivity contribution is -0.126. The summed E-state index contributed by atoms with van der Waals surface area (Å²) in [5.74, 6) is -0.278. The molecule has 1 aromatic carbocycles. The van der Waals surface area contributed by atoms with Crippen molar-refractivity contribution in [2.75, 3.05) is 19.6 Å². The first-order valence-electron chi connectivity index (χ1n) is 9.19. The molecule has 0 aliphatic carbocycles. The molecular formula is C20H35Cl2N3O2. The van der Waals surface area contributed by atoms with Crippen molar-refractivity contribution in [3.8, 4) is 0 Å². The highest BCUT2D eigenvalue weighted by molar-refractivity contribution is 5.85. The minimum atomic E-state index is -0.298. The molecule has 0 radical (unpaired) electrons. The Morgan fingerprint density at radius 1 is 1.22 bits per heavy atom. The molecule has 7 heteroatoms. The molecule has 3 N–H and O–H groups in total. The lowest BCUT2D eigenvalue weighted by Gasteiger charge is -2.45. The van der Waals surface area contributed by atoms with Crippen LogP contribution in [-0.4, -0.2) is 48.2 Å². The predicted octanol–water partition coefficient (Wildman–Crippen LogP) is 3.17. The number of benzene rings is 1. The van der Waals surface area contributed by atoms with Crippen LogP contribution in [-0.2, 0) is 9.53 Å². The Hall–Kier alpha value is -0.850. The molecule has 1 aliphatic heterocycles. The molecule has 2 rings (SSSR count). The summed E-state index contributed by atoms with van der Waals surface area (Å²) in [4.78, 5) is 15.0. The van der Waals surface area contributed by atoms with Gasteiger partial charge in [0.25, 0.3) is 0 Å². The first-order valence-corrected chi connectivity index (χ1v) is 9.19. The highest BCUT2D eigenvalue weighted by Gasteiger charge is 2.34. The van der Waals surface area contributed by atoms with Crippen molar-refractivity contribution in [1.82, 2.24) is 10.2 Å². The van der Waals surface area contributed by atoms with Gasteiger partial charge in [-0.2, -0.15) is 0 Å². The van der Waals surface area contributed by atoms with E-state index < -0.39 is 0 Å². The summed E-state index contributed by atoms with van der Waals surface area (Å²) in [5.41, 5.74) is 7.13. The molecule has 0 saturated carbocycles. The van der Waals surface area contributed by atoms with Crippen LogP contribution < -0.4 is 11.1 Å². The van der Waals surface area contributed by atoms with Gasteiger partial charge in [0.1, 0.15) is 0 Å². The largest absolute Gasteiger partial charge is 0.373 e. The maximum atomic E-state index is 12.6. The Bertz CT molecular complexity index is 562. The SMILES string of the molecule is CC1CN(C(C)(C)CNC(=O)C(C)C(N)c2ccccc2)CC(C)O1.Cl.Cl. The second-order valence-electron chi connectivity index (χ2n) is 7.92. The van der Waals surface area contributed by atoms with E-state index in [9.17, 15) is 4.79 Å². The van der Waals surface area contributed by atoms with Crippen molar-refractivity contribution in [2.24, 2.45) is 11.7 Å². The smallest absolute Gasteiger partial charge is 0.224 e. The van der Waals surface area contributed by atoms with E-state index in [1.165, 1.54) is 0 Å². The Morgan fingerprint density at radius 2 is 1.74 bits per heavy atom. The molecule has 0 spiro atoms. The topological polar surface area (TPSA) is 67.6 Å². The van der Waals surface area contributed by atoms with Crippen LogP contribution in [0, 0.1) is 5.92 Å². The minimum absolute atomic E-state index is 0. The summed E-state index contributed by atoms with van der Waals surface area (Å²) in [6.45, 7) is 12.8. The molecule has 1 aliphatic rings. The number of amides is 1. The van der Waals surface area contributed by atoms with Crippen LogP contribution in [0.4, 0.5) is 0 Å². The third-order valence-corrected chi connectivity index (χ3v) is 5.11. The van der Waals surface area contributed by atoms with E-state index in [1.54, 1.807) is 0 Å². The zero-order valence-corrected chi connectivity index (χ0v) is 18.6. The van der Waals surface area contributed by atoms with Gasteiger partial charge in [0.15, 0.2) is 0 Å². The van der Waals surface area contributed by atoms with Gasteiger partial charge in [-0.15, -0.1) is 24.8 Å². The third kappa shape index (κ3) is 7.24. The fourth-order valence-corrected chi connectivity index (χ4v) is 3.38. The number of halogens is 2. The van der Waals surface area contributed by atoms with E-state index in [-0.39, 0.29) is 60.4 Å². The number of hydrogen-bond donors (Lipinski definition) is 2. The Kier molecular flexibility index (Phi) is 10.9. The monoisotopic (exact) mass is 419 g/mol. The summed E-state index contributed by atoms with van der Waals surface area (Å²) < 4.78 is 5.81. The van der Waals surface area contributed by atoms with E-state index in [0.717, 1.165) is 18.7 Å². The van der Waals surface area contributed by atoms with E-state index in [4.69, 9.17) is 10.5 Å². The normalized spacial score (nSPS) is 22.7. The van der Waals surface area contributed by atoms with E-state index in [1.807, 2.05) is 37.3 Å². The molecule has 4 unspecified atom stereocenters. The van der Waals surface area contributed by atoms with E-state index >= 15 is 0 Å². The lowest BCUT2D eigenvalue weighted by atomic mass is 9.94. The van der Waals surface area contributed by atoms with Crippen molar-refractivity contribution in [1.29, 1.82) is 0 Å². The molecule has 0 bridgehead atoms. The van der Waals surface area contributed by atoms with Gasteiger partial charge in [-0.1, -0.05) is 37.3 Å². The first kappa shape index (κ1) is 26.1. The summed E-state index contributed by atoms with van der Waals surface area (Å²) in [6.07, 6.45) is 0.424. The van der Waals surface area contributed by atoms with Gasteiger partial charge >= 0.3 is 0 Å². The van der Waals surface area contributed by atoms with Gasteiger partial charge < -0.3 is 15.8 Å². The molecule has 1 aromatic rings. The molecule has 5 nitrogen and oxygen atoms in total. The van der Waals surface area contributed by atoms with Crippen LogP contribution in [0.25, 0.3) is 0 Å². The Balaban J connectivity index is 0.00000338. The molecule has 1 amide bonds. The van der Waals surface area contributed by atoms with Gasteiger partial charge in [-0.3, -0.25) is 9.69 Å². The van der Waals surface area contributed by atoms with Crippen molar-refractivity contribution in [2.45, 2.75) is 58.4 Å². The van der Waals surface area contributed by atoms with E-state index in [2.05, 4.69) is 37.9 Å². The molecule has 156 valence electrons. The molecule has 1 fully saturated rings. The fraction of sp³-hybridized carbons (Fsp3) is 0.650. The fourth-order valence-electron chi connectivity index (χ4n) is 3.38. The standard InChI is InChI=1S/C20H33N3O2.2ClH/c1-14-11-23(12-15(2)25-14)20(4,5)13-22-19(24)16(3)18(21)17-9-7-6-8-10-17;;/h6-10,14-16,18H,11-13,21H2,1-5H3,(H,22,24);2*1H. The maximum absolute atomic E-state index is 12.6. The highest BCUT2D eigenvalue weighted by Crippen LogP contribution is 2.22. The summed E-state index contributed by atoms with van der Waals surface area (Å²) in [5, 5.41) is 3.10. The molecule has 1 saturated heterocycles. The van der Waals surface area contributed by atoms with Crippen molar-refractivity contribution in [3.05, 3.63) is 35.9 Å². The number of carbonyl (C=O) groups is 1. The summed E-state index contributed by atoms with van der Waals surface area (Å²) >= 11 is 0. The molecule has 1 heterocycles. The van der Waals surface area contributed by atoms with Crippen LogP contribution in [0.1, 0.15) is 46.2 Å². The lowest BCUT2D eigenvalue weighted by Crippen LogP contribution is -2.59. The van der Waals surface area contributed by atoms with Crippen LogP contribution >= 0.6 is 24.8 Å². The second kappa shape index (κ2) is 11.2. The first-order chi connectivity index (χ1) is 11.7. The molecule has 4 atom stereocenters. The van der Waals surface area contributed by atoms with Gasteiger partial charge in [0.2, 0.25) is 5.91 Å². The van der Waals surface area contributed by atoms with Gasteiger partial charge in [0, 0.05) is 31.2 Å². The number of carbonyl (C=O) groups excluding carboxylic acids is 1. The minimum Gasteiger partial charge on any atom is -0.373 e. The van der Waals surface area contributed by atoms with Crippen molar-refractivity contribution < 1.29 is 9.53 Å². The molecule has 0 aromatic heterocycles. The number of morpholine rings is 1. The summed E-state index contributed by atoms with van der Waals surface area (Å²) in [6, 6.07) is 9.48. The number of rotatable bonds is 6. The molecule has 27 heavy (non-hydrogen) atoms. The van der Waals surface area contributed by atoms with Gasteiger partial charge in [-0.05, 0) is 33.3 Å².